The molecule has 0 bridgehead atoms. The Morgan fingerprint density at radius 2 is 1.48 bits per heavy atom. The van der Waals surface area contributed by atoms with Crippen molar-refractivity contribution in [1.82, 2.24) is 4.90 Å². The van der Waals surface area contributed by atoms with Crippen LogP contribution >= 0.6 is 0 Å². The molecule has 1 saturated heterocycles. The summed E-state index contributed by atoms with van der Waals surface area (Å²) in [6, 6.07) is 9.43. The van der Waals surface area contributed by atoms with Crippen molar-refractivity contribution < 1.29 is 14.0 Å². The lowest BCUT2D eigenvalue weighted by atomic mass is 9.91. The average molecular weight is 362 g/mol. The zero-order chi connectivity index (χ0) is 18.9. The maximum absolute atomic E-state index is 12.7. The van der Waals surface area contributed by atoms with E-state index in [2.05, 4.69) is 41.5 Å². The molecule has 0 aliphatic carbocycles. The fraction of sp³-hybridized carbons (Fsp3) is 0.600. The van der Waals surface area contributed by atoms with Crippen LogP contribution in [0.2, 0.25) is 16.6 Å². The predicted octanol–water partition coefficient (Wildman–Crippen LogP) is 4.68. The maximum atomic E-state index is 12.7. The molecule has 1 aliphatic rings. The van der Waals surface area contributed by atoms with E-state index in [1.54, 1.807) is 0 Å². The van der Waals surface area contributed by atoms with Gasteiger partial charge in [0.2, 0.25) is 14.2 Å². The van der Waals surface area contributed by atoms with Crippen molar-refractivity contribution in [3.05, 3.63) is 35.9 Å². The van der Waals surface area contributed by atoms with E-state index in [0.717, 1.165) is 5.56 Å². The van der Waals surface area contributed by atoms with Crippen molar-refractivity contribution in [3.8, 4) is 0 Å². The Hall–Kier alpha value is -1.46. The van der Waals surface area contributed by atoms with Gasteiger partial charge in [-0.3, -0.25) is 14.5 Å². The first kappa shape index (κ1) is 19.9. The maximum Gasteiger partial charge on any atom is 0.260 e. The van der Waals surface area contributed by atoms with Crippen LogP contribution in [0.1, 0.15) is 60.1 Å². The topological polar surface area (TPSA) is 46.6 Å². The standard InChI is InChI=1S/C20H31NO3Si/c1-13(2)25(14(3)4,15(5)6)24-19-18(17-11-9-8-10-12-17)21(16(7)22)20(19)23/h8-15,18-19H,1-7H3/t18-,19+/m0/s1. The fourth-order valence-corrected chi connectivity index (χ4v) is 10.0. The van der Waals surface area contributed by atoms with Crippen molar-refractivity contribution in [1.29, 1.82) is 0 Å². The first-order valence-corrected chi connectivity index (χ1v) is 11.3. The third kappa shape index (κ3) is 3.32. The minimum atomic E-state index is -2.20. The van der Waals surface area contributed by atoms with Crippen LogP contribution in [-0.2, 0) is 14.0 Å². The van der Waals surface area contributed by atoms with Crippen molar-refractivity contribution in [2.45, 2.75) is 77.2 Å². The number of hydrogen-bond donors (Lipinski definition) is 0. The average Bonchev–Trinajstić information content (AvgIpc) is 2.52. The molecule has 25 heavy (non-hydrogen) atoms. The van der Waals surface area contributed by atoms with E-state index in [9.17, 15) is 9.59 Å². The molecule has 1 aliphatic heterocycles. The number of likely N-dealkylation sites (tertiary alicyclic amines) is 1. The van der Waals surface area contributed by atoms with E-state index >= 15 is 0 Å². The van der Waals surface area contributed by atoms with Crippen molar-refractivity contribution in [2.75, 3.05) is 0 Å². The summed E-state index contributed by atoms with van der Waals surface area (Å²) in [7, 11) is -2.20. The predicted molar refractivity (Wildman–Crippen MR) is 103 cm³/mol. The highest BCUT2D eigenvalue weighted by Crippen LogP contribution is 2.47. The van der Waals surface area contributed by atoms with Gasteiger partial charge < -0.3 is 4.43 Å². The van der Waals surface area contributed by atoms with Crippen LogP contribution in [0, 0.1) is 0 Å². The van der Waals surface area contributed by atoms with Gasteiger partial charge in [-0.1, -0.05) is 71.9 Å². The molecule has 1 heterocycles. The molecule has 138 valence electrons. The second kappa shape index (κ2) is 7.42. The van der Waals surface area contributed by atoms with Crippen LogP contribution in [0.25, 0.3) is 0 Å². The summed E-state index contributed by atoms with van der Waals surface area (Å²) in [6.07, 6.45) is -0.551. The van der Waals surface area contributed by atoms with Gasteiger partial charge in [-0.05, 0) is 22.2 Å². The molecule has 1 fully saturated rings. The number of amides is 2. The molecule has 5 heteroatoms. The highest BCUT2D eigenvalue weighted by molar-refractivity contribution is 6.77. The molecular formula is C20H31NO3Si. The highest BCUT2D eigenvalue weighted by atomic mass is 28.4. The van der Waals surface area contributed by atoms with Crippen molar-refractivity contribution in [3.63, 3.8) is 0 Å². The number of β-lactam (4-membered cyclic amide) rings is 1. The molecule has 0 aromatic heterocycles. The lowest BCUT2D eigenvalue weighted by Gasteiger charge is -2.52. The third-order valence-corrected chi connectivity index (χ3v) is 11.6. The Labute approximate surface area is 152 Å². The molecule has 0 saturated carbocycles. The second-order valence-corrected chi connectivity index (χ2v) is 13.3. The van der Waals surface area contributed by atoms with Gasteiger partial charge in [-0.15, -0.1) is 0 Å². The summed E-state index contributed by atoms with van der Waals surface area (Å²) >= 11 is 0. The summed E-state index contributed by atoms with van der Waals surface area (Å²) in [5, 5.41) is 0. The van der Waals surface area contributed by atoms with Gasteiger partial charge in [0.15, 0.2) is 6.10 Å². The van der Waals surface area contributed by atoms with E-state index in [1.807, 2.05) is 30.3 Å². The van der Waals surface area contributed by atoms with E-state index in [0.29, 0.717) is 16.6 Å². The molecule has 1 aromatic rings. The fourth-order valence-electron chi connectivity index (χ4n) is 4.53. The van der Waals surface area contributed by atoms with Crippen LogP contribution in [0.4, 0.5) is 0 Å². The number of imide groups is 1. The molecule has 0 N–H and O–H groups in total. The molecule has 2 atom stereocenters. The summed E-state index contributed by atoms with van der Waals surface area (Å²) < 4.78 is 6.71. The molecule has 1 aromatic carbocycles. The molecule has 0 radical (unpaired) electrons. The summed E-state index contributed by atoms with van der Waals surface area (Å²) in [5.41, 5.74) is 2.13. The van der Waals surface area contributed by atoms with Gasteiger partial charge in [0.05, 0.1) is 6.04 Å². The quantitative estimate of drug-likeness (QED) is 0.546. The number of rotatable bonds is 6. The Morgan fingerprint density at radius 3 is 1.88 bits per heavy atom. The second-order valence-electron chi connectivity index (χ2n) is 7.94. The zero-order valence-electron chi connectivity index (χ0n) is 16.4. The first-order valence-electron chi connectivity index (χ1n) is 9.20. The van der Waals surface area contributed by atoms with Gasteiger partial charge in [0, 0.05) is 6.92 Å². The van der Waals surface area contributed by atoms with Crippen molar-refractivity contribution in [2.24, 2.45) is 0 Å². The van der Waals surface area contributed by atoms with E-state index in [1.165, 1.54) is 11.8 Å². The Morgan fingerprint density at radius 1 is 1.00 bits per heavy atom. The summed E-state index contributed by atoms with van der Waals surface area (Å²) in [5.74, 6) is -0.412. The van der Waals surface area contributed by atoms with Crippen LogP contribution in [0.5, 0.6) is 0 Å². The largest absolute Gasteiger partial charge is 0.402 e. The summed E-state index contributed by atoms with van der Waals surface area (Å²) in [4.78, 5) is 26.1. The number of carbonyl (C=O) groups is 2. The SMILES string of the molecule is CC(=O)N1C(=O)[C@H](O[Si](C(C)C)(C(C)C)C(C)C)[C@@H]1c1ccccc1. The van der Waals surface area contributed by atoms with Gasteiger partial charge in [0.1, 0.15) is 0 Å². The smallest absolute Gasteiger partial charge is 0.260 e. The Bertz CT molecular complexity index is 605. The number of carbonyl (C=O) groups excluding carboxylic acids is 2. The first-order chi connectivity index (χ1) is 11.6. The number of nitrogens with zero attached hydrogens (tertiary/aromatic N) is 1. The highest BCUT2D eigenvalue weighted by Gasteiger charge is 2.57. The molecule has 2 amide bonds. The monoisotopic (exact) mass is 361 g/mol. The van der Waals surface area contributed by atoms with Crippen molar-refractivity contribution >= 4 is 20.1 Å². The van der Waals surface area contributed by atoms with E-state index in [-0.39, 0.29) is 17.9 Å². The van der Waals surface area contributed by atoms with Gasteiger partial charge in [-0.25, -0.2) is 0 Å². The minimum absolute atomic E-state index is 0.194. The molecular weight excluding hydrogens is 330 g/mol. The molecule has 4 nitrogen and oxygen atoms in total. The minimum Gasteiger partial charge on any atom is -0.402 e. The van der Waals surface area contributed by atoms with Gasteiger partial charge >= 0.3 is 0 Å². The molecule has 2 rings (SSSR count). The van der Waals surface area contributed by atoms with Crippen LogP contribution in [0.3, 0.4) is 0 Å². The third-order valence-electron chi connectivity index (χ3n) is 5.56. The normalized spacial score (nSPS) is 21.2. The van der Waals surface area contributed by atoms with Crippen LogP contribution < -0.4 is 0 Å². The van der Waals surface area contributed by atoms with Gasteiger partial charge in [0.25, 0.3) is 5.91 Å². The Balaban J connectivity index is 2.42. The number of hydrogen-bond acceptors (Lipinski definition) is 3. The van der Waals surface area contributed by atoms with Crippen LogP contribution in [0.15, 0.2) is 30.3 Å². The molecule has 0 unspecified atom stereocenters. The van der Waals surface area contributed by atoms with Crippen LogP contribution in [-0.4, -0.2) is 31.1 Å². The number of benzene rings is 1. The van der Waals surface area contributed by atoms with E-state index < -0.39 is 14.4 Å². The zero-order valence-corrected chi connectivity index (χ0v) is 17.4. The lowest BCUT2D eigenvalue weighted by Crippen LogP contribution is -2.65. The van der Waals surface area contributed by atoms with E-state index in [4.69, 9.17) is 4.43 Å². The van der Waals surface area contributed by atoms with Gasteiger partial charge in [-0.2, -0.15) is 0 Å². The summed E-state index contributed by atoms with van der Waals surface area (Å²) in [6.45, 7) is 14.7. The lowest BCUT2D eigenvalue weighted by molar-refractivity contribution is -0.172. The Kier molecular flexibility index (Phi) is 5.89. The molecule has 0 spiro atoms.